The third-order valence-corrected chi connectivity index (χ3v) is 2.60. The summed E-state index contributed by atoms with van der Waals surface area (Å²) in [5.41, 5.74) is 2.32. The zero-order valence-electron chi connectivity index (χ0n) is 9.55. The van der Waals surface area contributed by atoms with E-state index < -0.39 is 0 Å². The second-order valence-electron chi connectivity index (χ2n) is 3.59. The Morgan fingerprint density at radius 3 is 1.94 bits per heavy atom. The van der Waals surface area contributed by atoms with Gasteiger partial charge in [0.2, 0.25) is 0 Å². The molecule has 0 unspecified atom stereocenters. The van der Waals surface area contributed by atoms with Crippen LogP contribution in [0.4, 0.5) is 11.4 Å². The molecule has 2 nitrogen and oxygen atoms in total. The zero-order chi connectivity index (χ0) is 11.4. The van der Waals surface area contributed by atoms with Gasteiger partial charge in [-0.05, 0) is 36.4 Å². The van der Waals surface area contributed by atoms with Gasteiger partial charge in [0.15, 0.2) is 0 Å². The normalized spacial score (nSPS) is 9.88. The van der Waals surface area contributed by atoms with E-state index in [0.29, 0.717) is 0 Å². The van der Waals surface area contributed by atoms with Crippen molar-refractivity contribution in [2.45, 2.75) is 0 Å². The fourth-order valence-corrected chi connectivity index (χ4v) is 1.61. The molecule has 0 fully saturated rings. The van der Waals surface area contributed by atoms with Crippen LogP contribution in [0.15, 0.2) is 54.6 Å². The molecule has 0 saturated carbocycles. The first-order valence-electron chi connectivity index (χ1n) is 5.24. The highest BCUT2D eigenvalue weighted by molar-refractivity contribution is 5.62. The van der Waals surface area contributed by atoms with Crippen LogP contribution in [0.3, 0.4) is 0 Å². The average Bonchev–Trinajstić information content (AvgIpc) is 2.39. The number of methoxy groups -OCH3 is 1. The Morgan fingerprint density at radius 2 is 1.38 bits per heavy atom. The van der Waals surface area contributed by atoms with E-state index in [4.69, 9.17) is 4.74 Å². The monoisotopic (exact) mass is 213 g/mol. The first-order chi connectivity index (χ1) is 7.81. The van der Waals surface area contributed by atoms with Gasteiger partial charge in [-0.25, -0.2) is 0 Å². The van der Waals surface area contributed by atoms with Crippen molar-refractivity contribution in [1.29, 1.82) is 0 Å². The van der Waals surface area contributed by atoms with Crippen molar-refractivity contribution >= 4 is 11.4 Å². The molecule has 2 aromatic rings. The third-order valence-electron chi connectivity index (χ3n) is 2.60. The molecule has 0 amide bonds. The van der Waals surface area contributed by atoms with Crippen LogP contribution in [0.25, 0.3) is 0 Å². The molecule has 0 radical (unpaired) electrons. The van der Waals surface area contributed by atoms with Crippen molar-refractivity contribution in [3.8, 4) is 5.75 Å². The number of rotatable bonds is 3. The minimum absolute atomic E-state index is 0.880. The summed E-state index contributed by atoms with van der Waals surface area (Å²) >= 11 is 0. The highest BCUT2D eigenvalue weighted by Gasteiger charge is 2.02. The summed E-state index contributed by atoms with van der Waals surface area (Å²) in [7, 11) is 3.73. The van der Waals surface area contributed by atoms with Gasteiger partial charge in [-0.1, -0.05) is 18.2 Å². The number of benzene rings is 2. The smallest absolute Gasteiger partial charge is 0.119 e. The van der Waals surface area contributed by atoms with Gasteiger partial charge in [0, 0.05) is 18.4 Å². The van der Waals surface area contributed by atoms with Gasteiger partial charge in [-0.2, -0.15) is 0 Å². The van der Waals surface area contributed by atoms with Crippen LogP contribution in [0.5, 0.6) is 5.75 Å². The van der Waals surface area contributed by atoms with Gasteiger partial charge in [0.25, 0.3) is 0 Å². The Bertz CT molecular complexity index is 436. The highest BCUT2D eigenvalue weighted by atomic mass is 16.5. The topological polar surface area (TPSA) is 12.5 Å². The molecule has 2 heteroatoms. The number of ether oxygens (including phenoxy) is 1. The molecule has 0 aromatic heterocycles. The Morgan fingerprint density at radius 1 is 0.812 bits per heavy atom. The molecule has 0 N–H and O–H groups in total. The summed E-state index contributed by atoms with van der Waals surface area (Å²) in [6, 6.07) is 18.3. The molecular weight excluding hydrogens is 198 g/mol. The standard InChI is InChI=1S/C14H15NO/c1-15(12-6-4-3-5-7-12)13-8-10-14(16-2)11-9-13/h3-11H,1-2H3. The number of hydrogen-bond acceptors (Lipinski definition) is 2. The second-order valence-corrected chi connectivity index (χ2v) is 3.59. The van der Waals surface area contributed by atoms with E-state index in [2.05, 4.69) is 24.1 Å². The molecule has 0 heterocycles. The van der Waals surface area contributed by atoms with Crippen LogP contribution in [-0.4, -0.2) is 14.2 Å². The lowest BCUT2D eigenvalue weighted by atomic mass is 10.2. The highest BCUT2D eigenvalue weighted by Crippen LogP contribution is 2.24. The minimum atomic E-state index is 0.880. The van der Waals surface area contributed by atoms with Gasteiger partial charge < -0.3 is 9.64 Å². The van der Waals surface area contributed by atoms with Crippen molar-refractivity contribution in [3.63, 3.8) is 0 Å². The largest absolute Gasteiger partial charge is 0.497 e. The van der Waals surface area contributed by atoms with E-state index >= 15 is 0 Å². The quantitative estimate of drug-likeness (QED) is 0.774. The van der Waals surface area contributed by atoms with Crippen LogP contribution in [-0.2, 0) is 0 Å². The van der Waals surface area contributed by atoms with Gasteiger partial charge >= 0.3 is 0 Å². The van der Waals surface area contributed by atoms with Crippen molar-refractivity contribution < 1.29 is 4.74 Å². The maximum Gasteiger partial charge on any atom is 0.119 e. The molecular formula is C14H15NO. The first-order valence-corrected chi connectivity index (χ1v) is 5.24. The van der Waals surface area contributed by atoms with Crippen LogP contribution < -0.4 is 9.64 Å². The maximum absolute atomic E-state index is 5.14. The summed E-state index contributed by atoms with van der Waals surface area (Å²) < 4.78 is 5.14. The molecule has 0 aliphatic carbocycles. The molecule has 0 aliphatic heterocycles. The first kappa shape index (κ1) is 10.6. The van der Waals surface area contributed by atoms with Crippen LogP contribution >= 0.6 is 0 Å². The third kappa shape index (κ3) is 2.16. The molecule has 0 spiro atoms. The molecule has 0 aliphatic rings. The van der Waals surface area contributed by atoms with Crippen molar-refractivity contribution in [3.05, 3.63) is 54.6 Å². The van der Waals surface area contributed by atoms with Gasteiger partial charge in [-0.15, -0.1) is 0 Å². The van der Waals surface area contributed by atoms with E-state index in [-0.39, 0.29) is 0 Å². The minimum Gasteiger partial charge on any atom is -0.497 e. The second kappa shape index (κ2) is 4.71. The Kier molecular flexibility index (Phi) is 3.10. The van der Waals surface area contributed by atoms with Crippen LogP contribution in [0.1, 0.15) is 0 Å². The van der Waals surface area contributed by atoms with E-state index in [9.17, 15) is 0 Å². The summed E-state index contributed by atoms with van der Waals surface area (Å²) in [5.74, 6) is 0.880. The zero-order valence-corrected chi connectivity index (χ0v) is 9.55. The molecule has 0 saturated heterocycles. The maximum atomic E-state index is 5.14. The number of para-hydroxylation sites is 1. The molecule has 2 rings (SSSR count). The number of hydrogen-bond donors (Lipinski definition) is 0. The Hall–Kier alpha value is -1.96. The SMILES string of the molecule is COc1ccc(N(C)c2ccccc2)cc1. The molecule has 16 heavy (non-hydrogen) atoms. The van der Waals surface area contributed by atoms with Crippen LogP contribution in [0, 0.1) is 0 Å². The van der Waals surface area contributed by atoms with Crippen LogP contribution in [0.2, 0.25) is 0 Å². The van der Waals surface area contributed by atoms with E-state index in [1.807, 2.05) is 42.5 Å². The van der Waals surface area contributed by atoms with Gasteiger partial charge in [0.05, 0.1) is 7.11 Å². The fraction of sp³-hybridized carbons (Fsp3) is 0.143. The lowest BCUT2D eigenvalue weighted by molar-refractivity contribution is 0.415. The molecule has 0 atom stereocenters. The predicted molar refractivity (Wildman–Crippen MR) is 67.5 cm³/mol. The summed E-state index contributed by atoms with van der Waals surface area (Å²) in [4.78, 5) is 2.14. The lowest BCUT2D eigenvalue weighted by Gasteiger charge is -2.19. The average molecular weight is 213 g/mol. The number of nitrogens with zero attached hydrogens (tertiary/aromatic N) is 1. The van der Waals surface area contributed by atoms with Gasteiger partial charge in [0.1, 0.15) is 5.75 Å². The summed E-state index contributed by atoms with van der Waals surface area (Å²) in [6.07, 6.45) is 0. The Balaban J connectivity index is 2.24. The predicted octanol–water partition coefficient (Wildman–Crippen LogP) is 3.46. The molecule has 82 valence electrons. The van der Waals surface area contributed by atoms with Crippen molar-refractivity contribution in [2.75, 3.05) is 19.1 Å². The Labute approximate surface area is 96.1 Å². The van der Waals surface area contributed by atoms with Crippen molar-refractivity contribution in [1.82, 2.24) is 0 Å². The van der Waals surface area contributed by atoms with Crippen molar-refractivity contribution in [2.24, 2.45) is 0 Å². The lowest BCUT2D eigenvalue weighted by Crippen LogP contribution is -2.08. The number of anilines is 2. The molecule has 2 aromatic carbocycles. The molecule has 0 bridgehead atoms. The summed E-state index contributed by atoms with van der Waals surface area (Å²) in [5, 5.41) is 0. The van der Waals surface area contributed by atoms with E-state index in [0.717, 1.165) is 11.4 Å². The van der Waals surface area contributed by atoms with E-state index in [1.165, 1.54) is 5.69 Å². The van der Waals surface area contributed by atoms with E-state index in [1.54, 1.807) is 7.11 Å². The summed E-state index contributed by atoms with van der Waals surface area (Å²) in [6.45, 7) is 0. The van der Waals surface area contributed by atoms with Gasteiger partial charge in [-0.3, -0.25) is 0 Å². The fourth-order valence-electron chi connectivity index (χ4n) is 1.61.